The zero-order chi connectivity index (χ0) is 16.9. The lowest BCUT2D eigenvalue weighted by Crippen LogP contribution is -2.41. The maximum atomic E-state index is 12.2. The molecule has 0 radical (unpaired) electrons. The molecule has 3 rings (SSSR count). The molecule has 2 aliphatic heterocycles. The van der Waals surface area contributed by atoms with Gasteiger partial charge in [0, 0.05) is 37.9 Å². The first-order valence-corrected chi connectivity index (χ1v) is 8.31. The van der Waals surface area contributed by atoms with Crippen LogP contribution in [0, 0.1) is 0 Å². The molecule has 0 atom stereocenters. The van der Waals surface area contributed by atoms with Gasteiger partial charge < -0.3 is 25.0 Å². The van der Waals surface area contributed by atoms with Crippen molar-refractivity contribution in [1.82, 2.24) is 5.32 Å². The van der Waals surface area contributed by atoms with Crippen LogP contribution < -0.4 is 20.3 Å². The number of hydrogen-bond acceptors (Lipinski definition) is 4. The van der Waals surface area contributed by atoms with Gasteiger partial charge in [-0.1, -0.05) is 0 Å². The standard InChI is InChI=1S/C17H23N3O4/c1-23-15-5-4-13(11-14(15)20-8-2-3-16(20)21)19-17(22)18-12-6-9-24-10-7-12/h4-5,11-12H,2-3,6-10H2,1H3,(H2,18,19,22). The summed E-state index contributed by atoms with van der Waals surface area (Å²) in [5.74, 6) is 0.706. The number of amides is 3. The Kier molecular flexibility index (Phi) is 5.20. The number of benzene rings is 1. The highest BCUT2D eigenvalue weighted by molar-refractivity contribution is 5.98. The highest BCUT2D eigenvalue weighted by atomic mass is 16.5. The Morgan fingerprint density at radius 1 is 1.33 bits per heavy atom. The number of nitrogens with one attached hydrogen (secondary N) is 2. The number of ether oxygens (including phenoxy) is 2. The highest BCUT2D eigenvalue weighted by Gasteiger charge is 2.25. The van der Waals surface area contributed by atoms with E-state index in [1.807, 2.05) is 0 Å². The zero-order valence-electron chi connectivity index (χ0n) is 13.8. The molecule has 24 heavy (non-hydrogen) atoms. The lowest BCUT2D eigenvalue weighted by atomic mass is 10.1. The molecule has 0 aliphatic carbocycles. The number of nitrogens with zero attached hydrogens (tertiary/aromatic N) is 1. The molecule has 7 nitrogen and oxygen atoms in total. The van der Waals surface area contributed by atoms with E-state index in [4.69, 9.17) is 9.47 Å². The van der Waals surface area contributed by atoms with Crippen LogP contribution in [0.25, 0.3) is 0 Å². The monoisotopic (exact) mass is 333 g/mol. The summed E-state index contributed by atoms with van der Waals surface area (Å²) in [7, 11) is 1.57. The van der Waals surface area contributed by atoms with Crippen LogP contribution >= 0.6 is 0 Å². The molecule has 0 bridgehead atoms. The largest absolute Gasteiger partial charge is 0.495 e. The van der Waals surface area contributed by atoms with Gasteiger partial charge in [0.2, 0.25) is 5.91 Å². The third-order valence-corrected chi connectivity index (χ3v) is 4.36. The smallest absolute Gasteiger partial charge is 0.319 e. The topological polar surface area (TPSA) is 79.9 Å². The van der Waals surface area contributed by atoms with E-state index in [0.29, 0.717) is 43.3 Å². The van der Waals surface area contributed by atoms with Crippen LogP contribution in [0.3, 0.4) is 0 Å². The average molecular weight is 333 g/mol. The van der Waals surface area contributed by atoms with E-state index >= 15 is 0 Å². The molecule has 7 heteroatoms. The van der Waals surface area contributed by atoms with Crippen molar-refractivity contribution in [2.75, 3.05) is 37.1 Å². The van der Waals surface area contributed by atoms with Crippen LogP contribution in [0.5, 0.6) is 5.75 Å². The second-order valence-corrected chi connectivity index (χ2v) is 6.02. The predicted octanol–water partition coefficient (Wildman–Crippen LogP) is 2.12. The van der Waals surface area contributed by atoms with Gasteiger partial charge in [-0.2, -0.15) is 0 Å². The molecule has 0 spiro atoms. The quantitative estimate of drug-likeness (QED) is 0.884. The normalized spacial score (nSPS) is 18.5. The van der Waals surface area contributed by atoms with Crippen LogP contribution in [0.15, 0.2) is 18.2 Å². The predicted molar refractivity (Wildman–Crippen MR) is 90.6 cm³/mol. The first kappa shape index (κ1) is 16.6. The number of hydrogen-bond donors (Lipinski definition) is 2. The van der Waals surface area contributed by atoms with Crippen LogP contribution in [0.4, 0.5) is 16.2 Å². The average Bonchev–Trinajstić information content (AvgIpc) is 3.01. The Labute approximate surface area is 141 Å². The molecule has 2 heterocycles. The van der Waals surface area contributed by atoms with Crippen LogP contribution in [0.1, 0.15) is 25.7 Å². The zero-order valence-corrected chi connectivity index (χ0v) is 13.8. The number of anilines is 2. The third-order valence-electron chi connectivity index (χ3n) is 4.36. The van der Waals surface area contributed by atoms with Crippen molar-refractivity contribution < 1.29 is 19.1 Å². The van der Waals surface area contributed by atoms with Crippen molar-refractivity contribution in [2.45, 2.75) is 31.7 Å². The first-order chi connectivity index (χ1) is 11.7. The van der Waals surface area contributed by atoms with Crippen molar-refractivity contribution in [3.63, 3.8) is 0 Å². The first-order valence-electron chi connectivity index (χ1n) is 8.31. The van der Waals surface area contributed by atoms with Crippen LogP contribution in [-0.4, -0.2) is 44.8 Å². The number of carbonyl (C=O) groups excluding carboxylic acids is 2. The minimum Gasteiger partial charge on any atom is -0.495 e. The van der Waals surface area contributed by atoms with Gasteiger partial charge in [0.05, 0.1) is 12.8 Å². The Morgan fingerprint density at radius 3 is 2.79 bits per heavy atom. The summed E-state index contributed by atoms with van der Waals surface area (Å²) in [5, 5.41) is 5.79. The van der Waals surface area contributed by atoms with Gasteiger partial charge in [0.15, 0.2) is 0 Å². The summed E-state index contributed by atoms with van der Waals surface area (Å²) >= 11 is 0. The SMILES string of the molecule is COc1ccc(NC(=O)NC2CCOCC2)cc1N1CCCC1=O. The Bertz CT molecular complexity index is 614. The van der Waals surface area contributed by atoms with Gasteiger partial charge in [0.25, 0.3) is 0 Å². The van der Waals surface area contributed by atoms with Crippen molar-refractivity contribution >= 4 is 23.3 Å². The lowest BCUT2D eigenvalue weighted by Gasteiger charge is -2.23. The fraction of sp³-hybridized carbons (Fsp3) is 0.529. The van der Waals surface area contributed by atoms with Gasteiger partial charge in [-0.25, -0.2) is 4.79 Å². The number of rotatable bonds is 4. The molecule has 1 aromatic rings. The summed E-state index contributed by atoms with van der Waals surface area (Å²) in [6.07, 6.45) is 3.03. The van der Waals surface area contributed by atoms with Crippen molar-refractivity contribution in [1.29, 1.82) is 0 Å². The van der Waals surface area contributed by atoms with Gasteiger partial charge in [0.1, 0.15) is 5.75 Å². The number of urea groups is 1. The van der Waals surface area contributed by atoms with E-state index < -0.39 is 0 Å². The van der Waals surface area contributed by atoms with Gasteiger partial charge in [-0.05, 0) is 37.5 Å². The summed E-state index contributed by atoms with van der Waals surface area (Å²) in [6, 6.07) is 5.21. The molecule has 130 valence electrons. The molecular weight excluding hydrogens is 310 g/mol. The van der Waals surface area contributed by atoms with Crippen molar-refractivity contribution in [3.05, 3.63) is 18.2 Å². The molecule has 1 aromatic carbocycles. The summed E-state index contributed by atoms with van der Waals surface area (Å²) in [5.41, 5.74) is 1.33. The summed E-state index contributed by atoms with van der Waals surface area (Å²) in [4.78, 5) is 25.9. The molecule has 0 saturated carbocycles. The Hall–Kier alpha value is -2.28. The van der Waals surface area contributed by atoms with E-state index in [9.17, 15) is 9.59 Å². The summed E-state index contributed by atoms with van der Waals surface area (Å²) in [6.45, 7) is 2.02. The van der Waals surface area contributed by atoms with Crippen molar-refractivity contribution in [3.8, 4) is 5.75 Å². The Balaban J connectivity index is 1.69. The molecular formula is C17H23N3O4. The van der Waals surface area contributed by atoms with Crippen LogP contribution in [-0.2, 0) is 9.53 Å². The molecule has 2 N–H and O–H groups in total. The minimum atomic E-state index is -0.245. The Morgan fingerprint density at radius 2 is 2.12 bits per heavy atom. The molecule has 2 aliphatic rings. The van der Waals surface area contributed by atoms with E-state index in [1.165, 1.54) is 0 Å². The number of methoxy groups -OCH3 is 1. The number of carbonyl (C=O) groups is 2. The minimum absolute atomic E-state index is 0.0807. The summed E-state index contributed by atoms with van der Waals surface area (Å²) < 4.78 is 10.6. The van der Waals surface area contributed by atoms with Gasteiger partial charge in [-0.15, -0.1) is 0 Å². The fourth-order valence-electron chi connectivity index (χ4n) is 3.08. The third kappa shape index (κ3) is 3.79. The molecule has 2 saturated heterocycles. The molecule has 2 fully saturated rings. The fourth-order valence-corrected chi connectivity index (χ4v) is 3.08. The van der Waals surface area contributed by atoms with E-state index in [-0.39, 0.29) is 18.0 Å². The van der Waals surface area contributed by atoms with Crippen molar-refractivity contribution in [2.24, 2.45) is 0 Å². The van der Waals surface area contributed by atoms with Crippen LogP contribution in [0.2, 0.25) is 0 Å². The van der Waals surface area contributed by atoms with E-state index in [0.717, 1.165) is 19.3 Å². The lowest BCUT2D eigenvalue weighted by molar-refractivity contribution is -0.117. The van der Waals surface area contributed by atoms with Gasteiger partial charge >= 0.3 is 6.03 Å². The van der Waals surface area contributed by atoms with E-state index in [1.54, 1.807) is 30.2 Å². The molecule has 3 amide bonds. The second kappa shape index (κ2) is 7.53. The molecule has 0 aromatic heterocycles. The maximum Gasteiger partial charge on any atom is 0.319 e. The molecule has 0 unspecified atom stereocenters. The highest BCUT2D eigenvalue weighted by Crippen LogP contribution is 2.34. The maximum absolute atomic E-state index is 12.2. The second-order valence-electron chi connectivity index (χ2n) is 6.02. The van der Waals surface area contributed by atoms with Gasteiger partial charge in [-0.3, -0.25) is 4.79 Å². The van der Waals surface area contributed by atoms with E-state index in [2.05, 4.69) is 10.6 Å².